The van der Waals surface area contributed by atoms with Crippen LogP contribution in [0.15, 0.2) is 42.6 Å². The maximum absolute atomic E-state index is 5.95. The molecule has 1 N–H and O–H groups in total. The third kappa shape index (κ3) is 5.20. The van der Waals surface area contributed by atoms with Gasteiger partial charge in [0.2, 0.25) is 0 Å². The molecule has 0 fully saturated rings. The number of rotatable bonds is 8. The molecule has 2 rings (SSSR count). The number of ether oxygens (including phenoxy) is 1. The average Bonchev–Trinajstić information content (AvgIpc) is 2.51. The van der Waals surface area contributed by atoms with Crippen molar-refractivity contribution in [1.82, 2.24) is 10.3 Å². The van der Waals surface area contributed by atoms with Gasteiger partial charge in [0, 0.05) is 30.4 Å². The Morgan fingerprint density at radius 3 is 2.86 bits per heavy atom. The van der Waals surface area contributed by atoms with Crippen molar-refractivity contribution in [1.29, 1.82) is 0 Å². The summed E-state index contributed by atoms with van der Waals surface area (Å²) in [4.78, 5) is 4.31. The lowest BCUT2D eigenvalue weighted by Crippen LogP contribution is -2.15. The van der Waals surface area contributed by atoms with Crippen molar-refractivity contribution >= 4 is 0 Å². The summed E-state index contributed by atoms with van der Waals surface area (Å²) in [5.41, 5.74) is 3.56. The maximum Gasteiger partial charge on any atom is 0.123 e. The van der Waals surface area contributed by atoms with Crippen LogP contribution in [0.2, 0.25) is 0 Å². The third-order valence-electron chi connectivity index (χ3n) is 3.30. The zero-order valence-corrected chi connectivity index (χ0v) is 12.9. The number of hydrogen-bond acceptors (Lipinski definition) is 3. The van der Waals surface area contributed by atoms with Gasteiger partial charge in [-0.05, 0) is 38.1 Å². The average molecular weight is 284 g/mol. The number of aryl methyl sites for hydroxylation is 1. The molecule has 3 nitrogen and oxygen atoms in total. The predicted molar refractivity (Wildman–Crippen MR) is 86.6 cm³/mol. The summed E-state index contributed by atoms with van der Waals surface area (Å²) < 4.78 is 5.95. The molecule has 0 bridgehead atoms. The molecule has 112 valence electrons. The molecule has 0 unspecified atom stereocenters. The minimum atomic E-state index is 0.654. The van der Waals surface area contributed by atoms with Crippen molar-refractivity contribution in [2.75, 3.05) is 13.2 Å². The molecule has 21 heavy (non-hydrogen) atoms. The number of aromatic nitrogens is 1. The summed E-state index contributed by atoms with van der Waals surface area (Å²) in [6.07, 6.45) is 3.79. The van der Waals surface area contributed by atoms with Gasteiger partial charge < -0.3 is 10.1 Å². The lowest BCUT2D eigenvalue weighted by molar-refractivity contribution is 0.316. The zero-order valence-electron chi connectivity index (χ0n) is 12.9. The van der Waals surface area contributed by atoms with E-state index in [1.807, 2.05) is 24.4 Å². The molecule has 1 heterocycles. The fourth-order valence-electron chi connectivity index (χ4n) is 2.20. The highest BCUT2D eigenvalue weighted by atomic mass is 16.5. The molecule has 1 aromatic carbocycles. The Labute approximate surface area is 127 Å². The van der Waals surface area contributed by atoms with E-state index in [1.165, 1.54) is 11.1 Å². The van der Waals surface area contributed by atoms with Gasteiger partial charge >= 0.3 is 0 Å². The fraction of sp³-hybridized carbons (Fsp3) is 0.389. The highest BCUT2D eigenvalue weighted by Gasteiger charge is 2.04. The molecule has 0 saturated heterocycles. The fourth-order valence-corrected chi connectivity index (χ4v) is 2.20. The first-order chi connectivity index (χ1) is 10.3. The van der Waals surface area contributed by atoms with Gasteiger partial charge in [0.05, 0.1) is 6.61 Å². The van der Waals surface area contributed by atoms with E-state index in [0.29, 0.717) is 6.61 Å². The van der Waals surface area contributed by atoms with Gasteiger partial charge in [-0.1, -0.05) is 30.7 Å². The Kier molecular flexibility index (Phi) is 6.22. The number of hydrogen-bond donors (Lipinski definition) is 1. The smallest absolute Gasteiger partial charge is 0.123 e. The summed E-state index contributed by atoms with van der Waals surface area (Å²) in [6, 6.07) is 12.3. The first kappa shape index (κ1) is 15.5. The van der Waals surface area contributed by atoms with Gasteiger partial charge in [0.15, 0.2) is 0 Å². The molecule has 1 aromatic heterocycles. The number of benzene rings is 1. The quantitative estimate of drug-likeness (QED) is 0.753. The first-order valence-electron chi connectivity index (χ1n) is 7.62. The molecule has 0 spiro atoms. The lowest BCUT2D eigenvalue weighted by atomic mass is 10.1. The second-order valence-corrected chi connectivity index (χ2v) is 5.21. The molecule has 0 atom stereocenters. The van der Waals surface area contributed by atoms with E-state index >= 15 is 0 Å². The van der Waals surface area contributed by atoms with Gasteiger partial charge in [0.1, 0.15) is 5.75 Å². The molecular formula is C18H24N2O. The van der Waals surface area contributed by atoms with Crippen LogP contribution in [-0.4, -0.2) is 18.1 Å². The van der Waals surface area contributed by atoms with Crippen LogP contribution in [0.1, 0.15) is 30.2 Å². The van der Waals surface area contributed by atoms with Gasteiger partial charge in [-0.2, -0.15) is 0 Å². The second-order valence-electron chi connectivity index (χ2n) is 5.21. The van der Waals surface area contributed by atoms with E-state index in [9.17, 15) is 0 Å². The van der Waals surface area contributed by atoms with Crippen LogP contribution in [0, 0.1) is 6.92 Å². The van der Waals surface area contributed by atoms with Crippen molar-refractivity contribution in [3.8, 4) is 5.75 Å². The first-order valence-corrected chi connectivity index (χ1v) is 7.62. The minimum absolute atomic E-state index is 0.654. The summed E-state index contributed by atoms with van der Waals surface area (Å²) in [5, 5.41) is 3.43. The van der Waals surface area contributed by atoms with Gasteiger partial charge in [-0.15, -0.1) is 0 Å². The Balaban J connectivity index is 1.92. The lowest BCUT2D eigenvalue weighted by Gasteiger charge is -2.13. The van der Waals surface area contributed by atoms with Crippen LogP contribution in [0.3, 0.4) is 0 Å². The van der Waals surface area contributed by atoms with Crippen LogP contribution in [-0.2, 0) is 13.0 Å². The zero-order chi connectivity index (χ0) is 14.9. The van der Waals surface area contributed by atoms with Crippen LogP contribution in [0.5, 0.6) is 5.75 Å². The van der Waals surface area contributed by atoms with Crippen molar-refractivity contribution in [3.63, 3.8) is 0 Å². The van der Waals surface area contributed by atoms with Crippen LogP contribution in [0.25, 0.3) is 0 Å². The molecule has 0 saturated carbocycles. The molecular weight excluding hydrogens is 260 g/mol. The molecule has 0 amide bonds. The third-order valence-corrected chi connectivity index (χ3v) is 3.30. The SMILES string of the molecule is CCCNCc1cc(C)ccc1OCCc1ccccn1. The molecule has 0 radical (unpaired) electrons. The van der Waals surface area contributed by atoms with E-state index in [-0.39, 0.29) is 0 Å². The van der Waals surface area contributed by atoms with Crippen molar-refractivity contribution in [2.45, 2.75) is 33.2 Å². The van der Waals surface area contributed by atoms with Crippen molar-refractivity contribution < 1.29 is 4.74 Å². The molecule has 0 aliphatic rings. The molecule has 3 heteroatoms. The van der Waals surface area contributed by atoms with Crippen LogP contribution < -0.4 is 10.1 Å². The minimum Gasteiger partial charge on any atom is -0.493 e. The van der Waals surface area contributed by atoms with Gasteiger partial charge in [0.25, 0.3) is 0 Å². The molecule has 0 aliphatic heterocycles. The highest BCUT2D eigenvalue weighted by molar-refractivity contribution is 5.36. The van der Waals surface area contributed by atoms with Crippen molar-refractivity contribution in [2.24, 2.45) is 0 Å². The Bertz CT molecular complexity index is 540. The van der Waals surface area contributed by atoms with E-state index < -0.39 is 0 Å². The van der Waals surface area contributed by atoms with Crippen LogP contribution >= 0.6 is 0 Å². The Morgan fingerprint density at radius 2 is 2.10 bits per heavy atom. The Morgan fingerprint density at radius 1 is 1.19 bits per heavy atom. The molecule has 0 aliphatic carbocycles. The number of pyridine rings is 1. The topological polar surface area (TPSA) is 34.1 Å². The highest BCUT2D eigenvalue weighted by Crippen LogP contribution is 2.20. The van der Waals surface area contributed by atoms with Crippen molar-refractivity contribution in [3.05, 3.63) is 59.4 Å². The van der Waals surface area contributed by atoms with Gasteiger partial charge in [-0.3, -0.25) is 4.98 Å². The number of nitrogens with zero attached hydrogens (tertiary/aromatic N) is 1. The summed E-state index contributed by atoms with van der Waals surface area (Å²) in [6.45, 7) is 6.82. The molecule has 2 aromatic rings. The standard InChI is InChI=1S/C18H24N2O/c1-3-10-19-14-16-13-15(2)7-8-18(16)21-12-9-17-6-4-5-11-20-17/h4-8,11,13,19H,3,9-10,12,14H2,1-2H3. The van der Waals surface area contributed by atoms with E-state index in [4.69, 9.17) is 4.74 Å². The summed E-state index contributed by atoms with van der Waals surface area (Å²) >= 11 is 0. The Hall–Kier alpha value is -1.87. The van der Waals surface area contributed by atoms with E-state index in [0.717, 1.165) is 37.4 Å². The van der Waals surface area contributed by atoms with Gasteiger partial charge in [-0.25, -0.2) is 0 Å². The normalized spacial score (nSPS) is 10.6. The summed E-state index contributed by atoms with van der Waals surface area (Å²) in [7, 11) is 0. The largest absolute Gasteiger partial charge is 0.493 e. The second kappa shape index (κ2) is 8.42. The summed E-state index contributed by atoms with van der Waals surface area (Å²) in [5.74, 6) is 0.972. The van der Waals surface area contributed by atoms with E-state index in [2.05, 4.69) is 42.3 Å². The predicted octanol–water partition coefficient (Wildman–Crippen LogP) is 3.51. The van der Waals surface area contributed by atoms with Crippen LogP contribution in [0.4, 0.5) is 0 Å². The number of nitrogens with one attached hydrogen (secondary N) is 1. The van der Waals surface area contributed by atoms with E-state index in [1.54, 1.807) is 0 Å². The monoisotopic (exact) mass is 284 g/mol. The maximum atomic E-state index is 5.95.